The maximum Gasteiger partial charge on any atom is 0.300 e. The molecule has 0 saturated heterocycles. The predicted octanol–water partition coefficient (Wildman–Crippen LogP) is 3.41. The number of para-hydroxylation sites is 1. The van der Waals surface area contributed by atoms with E-state index in [1.807, 2.05) is 0 Å². The van der Waals surface area contributed by atoms with Gasteiger partial charge in [-0.1, -0.05) is 24.1 Å². The Labute approximate surface area is 127 Å². The quantitative estimate of drug-likeness (QED) is 0.684. The third-order valence-corrected chi connectivity index (χ3v) is 5.13. The molecule has 5 nitrogen and oxygen atoms in total. The molecule has 2 bridgehead atoms. The number of halogens is 1. The lowest BCUT2D eigenvalue weighted by molar-refractivity contribution is -0.385. The van der Waals surface area contributed by atoms with Crippen LogP contribution in [0.3, 0.4) is 0 Å². The number of hydrogen-bond donors (Lipinski definition) is 1. The molecule has 6 heteroatoms. The highest BCUT2D eigenvalue weighted by atomic mass is 35.5. The SMILES string of the molecule is O=C(NCC1CC2CCC1C2)c1cccc(Cl)c1[N+](=O)[O-]. The standard InChI is InChI=1S/C15H17ClN2O3/c16-13-3-1-2-12(14(13)18(20)21)15(19)17-8-11-7-9-4-5-10(11)6-9/h1-3,9-11H,4-8H2,(H,17,19). The summed E-state index contributed by atoms with van der Waals surface area (Å²) < 4.78 is 0. The topological polar surface area (TPSA) is 72.2 Å². The van der Waals surface area contributed by atoms with Crippen molar-refractivity contribution in [2.24, 2.45) is 17.8 Å². The second kappa shape index (κ2) is 5.64. The minimum absolute atomic E-state index is 0.00688. The van der Waals surface area contributed by atoms with Gasteiger partial charge in [-0.05, 0) is 49.1 Å². The van der Waals surface area contributed by atoms with E-state index >= 15 is 0 Å². The molecule has 2 aliphatic rings. The van der Waals surface area contributed by atoms with E-state index in [-0.39, 0.29) is 16.3 Å². The fourth-order valence-corrected chi connectivity index (χ4v) is 4.07. The Morgan fingerprint density at radius 3 is 2.81 bits per heavy atom. The van der Waals surface area contributed by atoms with Crippen molar-refractivity contribution in [2.45, 2.75) is 25.7 Å². The van der Waals surface area contributed by atoms with Crippen LogP contribution in [0.25, 0.3) is 0 Å². The van der Waals surface area contributed by atoms with Gasteiger partial charge in [-0.15, -0.1) is 0 Å². The first-order chi connectivity index (χ1) is 10.1. The van der Waals surface area contributed by atoms with Crippen LogP contribution in [0.15, 0.2) is 18.2 Å². The van der Waals surface area contributed by atoms with Crippen LogP contribution in [0.5, 0.6) is 0 Å². The van der Waals surface area contributed by atoms with Crippen LogP contribution in [0.2, 0.25) is 5.02 Å². The molecule has 0 spiro atoms. The van der Waals surface area contributed by atoms with E-state index in [0.29, 0.717) is 18.4 Å². The van der Waals surface area contributed by atoms with E-state index in [1.54, 1.807) is 6.07 Å². The number of hydrogen-bond acceptors (Lipinski definition) is 3. The third-order valence-electron chi connectivity index (χ3n) is 4.82. The molecule has 3 atom stereocenters. The summed E-state index contributed by atoms with van der Waals surface area (Å²) in [7, 11) is 0. The van der Waals surface area contributed by atoms with Crippen LogP contribution < -0.4 is 5.32 Å². The molecule has 0 heterocycles. The fourth-order valence-electron chi connectivity index (χ4n) is 3.83. The van der Waals surface area contributed by atoms with Crippen molar-refractivity contribution in [3.63, 3.8) is 0 Å². The Morgan fingerprint density at radius 1 is 1.38 bits per heavy atom. The summed E-state index contributed by atoms with van der Waals surface area (Å²) in [6.45, 7) is 0.601. The summed E-state index contributed by atoms with van der Waals surface area (Å²) in [6, 6.07) is 4.42. The molecule has 1 amide bonds. The average molecular weight is 309 g/mol. The maximum atomic E-state index is 12.2. The number of carbonyl (C=O) groups is 1. The number of nitro benzene ring substituents is 1. The molecule has 1 N–H and O–H groups in total. The molecule has 3 rings (SSSR count). The molecule has 112 valence electrons. The normalized spacial score (nSPS) is 26.8. The van der Waals surface area contributed by atoms with Crippen molar-refractivity contribution in [3.8, 4) is 0 Å². The van der Waals surface area contributed by atoms with Crippen molar-refractivity contribution in [3.05, 3.63) is 38.9 Å². The second-order valence-electron chi connectivity index (χ2n) is 6.04. The summed E-state index contributed by atoms with van der Waals surface area (Å²) in [6.07, 6.45) is 5.01. The lowest BCUT2D eigenvalue weighted by Gasteiger charge is -2.21. The number of amides is 1. The number of fused-ring (bicyclic) bond motifs is 2. The molecular weight excluding hydrogens is 292 g/mol. The van der Waals surface area contributed by atoms with Crippen molar-refractivity contribution in [1.82, 2.24) is 5.32 Å². The fraction of sp³-hybridized carbons (Fsp3) is 0.533. The van der Waals surface area contributed by atoms with E-state index in [9.17, 15) is 14.9 Å². The summed E-state index contributed by atoms with van der Waals surface area (Å²) in [4.78, 5) is 22.7. The smallest absolute Gasteiger partial charge is 0.300 e. The van der Waals surface area contributed by atoms with Gasteiger partial charge in [-0.2, -0.15) is 0 Å². The van der Waals surface area contributed by atoms with Crippen LogP contribution in [-0.4, -0.2) is 17.4 Å². The minimum Gasteiger partial charge on any atom is -0.352 e. The Hall–Kier alpha value is -1.62. The molecule has 0 aromatic heterocycles. The Morgan fingerprint density at radius 2 is 2.19 bits per heavy atom. The third kappa shape index (κ3) is 2.75. The number of rotatable bonds is 4. The average Bonchev–Trinajstić information content (AvgIpc) is 3.06. The number of carbonyl (C=O) groups excluding carboxylic acids is 1. The van der Waals surface area contributed by atoms with Gasteiger partial charge in [-0.25, -0.2) is 0 Å². The zero-order valence-corrected chi connectivity index (χ0v) is 12.3. The molecule has 1 aromatic carbocycles. The summed E-state index contributed by atoms with van der Waals surface area (Å²) in [5.41, 5.74) is -0.278. The molecule has 0 aliphatic heterocycles. The second-order valence-corrected chi connectivity index (χ2v) is 6.45. The Balaban J connectivity index is 1.68. The number of benzene rings is 1. The summed E-state index contributed by atoms with van der Waals surface area (Å²) in [5.74, 6) is 1.64. The number of nitro groups is 1. The molecule has 2 fully saturated rings. The van der Waals surface area contributed by atoms with Crippen molar-refractivity contribution >= 4 is 23.2 Å². The van der Waals surface area contributed by atoms with Crippen LogP contribution >= 0.6 is 11.6 Å². The lowest BCUT2D eigenvalue weighted by Crippen LogP contribution is -2.32. The Kier molecular flexibility index (Phi) is 3.85. The minimum atomic E-state index is -0.602. The van der Waals surface area contributed by atoms with Crippen molar-refractivity contribution in [2.75, 3.05) is 6.54 Å². The van der Waals surface area contributed by atoms with Gasteiger partial charge in [0.1, 0.15) is 10.6 Å². The van der Waals surface area contributed by atoms with Gasteiger partial charge in [-0.3, -0.25) is 14.9 Å². The van der Waals surface area contributed by atoms with Gasteiger partial charge >= 0.3 is 5.69 Å². The molecule has 2 aliphatic carbocycles. The first kappa shape index (κ1) is 14.3. The van der Waals surface area contributed by atoms with Crippen LogP contribution in [0.1, 0.15) is 36.0 Å². The first-order valence-corrected chi connectivity index (χ1v) is 7.65. The molecule has 2 saturated carbocycles. The zero-order valence-electron chi connectivity index (χ0n) is 11.5. The maximum absolute atomic E-state index is 12.2. The molecule has 0 radical (unpaired) electrons. The van der Waals surface area contributed by atoms with Gasteiger partial charge in [0.15, 0.2) is 0 Å². The summed E-state index contributed by atoms with van der Waals surface area (Å²) in [5, 5.41) is 13.9. The van der Waals surface area contributed by atoms with Crippen LogP contribution in [-0.2, 0) is 0 Å². The van der Waals surface area contributed by atoms with Crippen molar-refractivity contribution in [1.29, 1.82) is 0 Å². The van der Waals surface area contributed by atoms with E-state index in [2.05, 4.69) is 5.32 Å². The van der Waals surface area contributed by atoms with Gasteiger partial charge in [0, 0.05) is 6.54 Å². The van der Waals surface area contributed by atoms with Gasteiger partial charge in [0.2, 0.25) is 0 Å². The molecule has 1 aromatic rings. The molecular formula is C15H17ClN2O3. The largest absolute Gasteiger partial charge is 0.352 e. The van der Waals surface area contributed by atoms with E-state index in [1.165, 1.54) is 37.8 Å². The highest BCUT2D eigenvalue weighted by Crippen LogP contribution is 2.47. The highest BCUT2D eigenvalue weighted by molar-refractivity contribution is 6.33. The number of nitrogens with zero attached hydrogens (tertiary/aromatic N) is 1. The molecule has 3 unspecified atom stereocenters. The highest BCUT2D eigenvalue weighted by Gasteiger charge is 2.39. The lowest BCUT2D eigenvalue weighted by atomic mass is 9.89. The monoisotopic (exact) mass is 308 g/mol. The van der Waals surface area contributed by atoms with Gasteiger partial charge in [0.25, 0.3) is 5.91 Å². The number of nitrogens with one attached hydrogen (secondary N) is 1. The summed E-state index contributed by atoms with van der Waals surface area (Å²) >= 11 is 5.83. The Bertz CT molecular complexity index is 590. The van der Waals surface area contributed by atoms with E-state index < -0.39 is 10.8 Å². The molecule has 21 heavy (non-hydrogen) atoms. The first-order valence-electron chi connectivity index (χ1n) is 7.27. The zero-order chi connectivity index (χ0) is 15.0. The van der Waals surface area contributed by atoms with Gasteiger partial charge < -0.3 is 5.32 Å². The van der Waals surface area contributed by atoms with Crippen LogP contribution in [0.4, 0.5) is 5.69 Å². The predicted molar refractivity (Wildman–Crippen MR) is 79.4 cm³/mol. The van der Waals surface area contributed by atoms with Crippen molar-refractivity contribution < 1.29 is 9.72 Å². The van der Waals surface area contributed by atoms with Crippen LogP contribution in [0, 0.1) is 27.9 Å². The van der Waals surface area contributed by atoms with E-state index in [0.717, 1.165) is 5.92 Å². The van der Waals surface area contributed by atoms with Gasteiger partial charge in [0.05, 0.1) is 4.92 Å². The van der Waals surface area contributed by atoms with E-state index in [4.69, 9.17) is 11.6 Å².